The molecule has 0 unspecified atom stereocenters. The molecular weight excluding hydrogens is 240 g/mol. The molecular formula is C12H20O2S2. The topological polar surface area (TPSA) is 34.1 Å². The van der Waals surface area contributed by atoms with E-state index in [1.54, 1.807) is 26.8 Å². The Hall–Kier alpha value is -0.350. The highest BCUT2D eigenvalue weighted by atomic mass is 32.2. The van der Waals surface area contributed by atoms with Gasteiger partial charge in [0.2, 0.25) is 0 Å². The first-order valence-electron chi connectivity index (χ1n) is 5.31. The summed E-state index contributed by atoms with van der Waals surface area (Å²) >= 11 is 1.39. The van der Waals surface area contributed by atoms with Crippen molar-refractivity contribution in [2.75, 3.05) is 0 Å². The molecule has 2 nitrogen and oxygen atoms in total. The van der Waals surface area contributed by atoms with Gasteiger partial charge in [0.25, 0.3) is 0 Å². The van der Waals surface area contributed by atoms with Crippen molar-refractivity contribution in [2.24, 2.45) is 0 Å². The summed E-state index contributed by atoms with van der Waals surface area (Å²) in [4.78, 5) is 1.11. The number of sulfone groups is 1. The Labute approximate surface area is 103 Å². The molecule has 16 heavy (non-hydrogen) atoms. The second kappa shape index (κ2) is 3.84. The van der Waals surface area contributed by atoms with Gasteiger partial charge in [-0.2, -0.15) is 0 Å². The van der Waals surface area contributed by atoms with Gasteiger partial charge in [-0.25, -0.2) is 8.42 Å². The van der Waals surface area contributed by atoms with E-state index in [-0.39, 0.29) is 5.41 Å². The van der Waals surface area contributed by atoms with Crippen molar-refractivity contribution in [3.05, 3.63) is 17.0 Å². The molecule has 0 amide bonds. The average molecular weight is 260 g/mol. The Morgan fingerprint density at radius 3 is 1.81 bits per heavy atom. The standard InChI is InChI=1S/C12H20O2S2/c1-11(2,3)9-7-8-10(15-9)16(13,14)12(4,5)6/h7-8H,1-6H3. The quantitative estimate of drug-likeness (QED) is 0.773. The normalized spacial score (nSPS) is 14.1. The van der Waals surface area contributed by atoms with Gasteiger partial charge in [0.1, 0.15) is 4.21 Å². The molecule has 0 aromatic carbocycles. The molecule has 0 atom stereocenters. The number of thiophene rings is 1. The fourth-order valence-electron chi connectivity index (χ4n) is 1.17. The van der Waals surface area contributed by atoms with Crippen LogP contribution in [0.25, 0.3) is 0 Å². The van der Waals surface area contributed by atoms with Crippen LogP contribution in [-0.4, -0.2) is 13.2 Å². The van der Waals surface area contributed by atoms with Crippen molar-refractivity contribution in [3.63, 3.8) is 0 Å². The predicted octanol–water partition coefficient (Wildman–Crippen LogP) is 3.62. The molecule has 0 fully saturated rings. The molecule has 0 saturated carbocycles. The highest BCUT2D eigenvalue weighted by molar-refractivity contribution is 7.94. The highest BCUT2D eigenvalue weighted by Crippen LogP contribution is 2.35. The van der Waals surface area contributed by atoms with Crippen molar-refractivity contribution in [1.82, 2.24) is 0 Å². The number of hydrogen-bond acceptors (Lipinski definition) is 3. The van der Waals surface area contributed by atoms with Crippen molar-refractivity contribution in [3.8, 4) is 0 Å². The summed E-state index contributed by atoms with van der Waals surface area (Å²) in [6, 6.07) is 3.65. The Morgan fingerprint density at radius 2 is 1.50 bits per heavy atom. The minimum Gasteiger partial charge on any atom is -0.222 e. The van der Waals surface area contributed by atoms with Crippen LogP contribution in [0.5, 0.6) is 0 Å². The van der Waals surface area contributed by atoms with E-state index in [1.807, 2.05) is 6.07 Å². The van der Waals surface area contributed by atoms with E-state index in [1.165, 1.54) is 11.3 Å². The lowest BCUT2D eigenvalue weighted by Crippen LogP contribution is -2.27. The van der Waals surface area contributed by atoms with Crippen LogP contribution in [0.15, 0.2) is 16.3 Å². The molecule has 1 aromatic heterocycles. The van der Waals surface area contributed by atoms with Crippen molar-refractivity contribution < 1.29 is 8.42 Å². The van der Waals surface area contributed by atoms with Crippen LogP contribution in [0.4, 0.5) is 0 Å². The van der Waals surface area contributed by atoms with Gasteiger partial charge in [-0.05, 0) is 38.3 Å². The summed E-state index contributed by atoms with van der Waals surface area (Å²) in [6.07, 6.45) is 0. The third-order valence-electron chi connectivity index (χ3n) is 2.39. The molecule has 0 aliphatic carbocycles. The Balaban J connectivity index is 3.24. The van der Waals surface area contributed by atoms with Crippen LogP contribution in [0.3, 0.4) is 0 Å². The Morgan fingerprint density at radius 1 is 1.00 bits per heavy atom. The van der Waals surface area contributed by atoms with Gasteiger partial charge < -0.3 is 0 Å². The second-order valence-electron chi connectivity index (χ2n) is 5.98. The van der Waals surface area contributed by atoms with Gasteiger partial charge in [0.05, 0.1) is 4.75 Å². The van der Waals surface area contributed by atoms with Crippen LogP contribution in [0.1, 0.15) is 46.4 Å². The lowest BCUT2D eigenvalue weighted by atomic mass is 9.95. The van der Waals surface area contributed by atoms with Gasteiger partial charge in [0.15, 0.2) is 9.84 Å². The second-order valence-corrected chi connectivity index (χ2v) is 10.00. The summed E-state index contributed by atoms with van der Waals surface area (Å²) in [5, 5.41) is 0. The zero-order valence-corrected chi connectivity index (χ0v) is 12.4. The molecule has 0 spiro atoms. The van der Waals surface area contributed by atoms with Crippen LogP contribution in [-0.2, 0) is 15.3 Å². The number of hydrogen-bond donors (Lipinski definition) is 0. The van der Waals surface area contributed by atoms with E-state index in [2.05, 4.69) is 20.8 Å². The van der Waals surface area contributed by atoms with Gasteiger partial charge in [-0.1, -0.05) is 20.8 Å². The minimum atomic E-state index is -3.20. The van der Waals surface area contributed by atoms with Crippen LogP contribution >= 0.6 is 11.3 Å². The maximum absolute atomic E-state index is 12.2. The van der Waals surface area contributed by atoms with Gasteiger partial charge in [0, 0.05) is 4.88 Å². The minimum absolute atomic E-state index is 0.0102. The SMILES string of the molecule is CC(C)(C)c1ccc(S(=O)(=O)C(C)(C)C)s1. The summed E-state index contributed by atoms with van der Waals surface area (Å²) < 4.78 is 24.2. The summed E-state index contributed by atoms with van der Waals surface area (Å²) in [6.45, 7) is 11.5. The fraction of sp³-hybridized carbons (Fsp3) is 0.667. The molecule has 1 aromatic rings. The van der Waals surface area contributed by atoms with E-state index in [4.69, 9.17) is 0 Å². The van der Waals surface area contributed by atoms with Crippen molar-refractivity contribution in [1.29, 1.82) is 0 Å². The molecule has 0 N–H and O–H groups in total. The third-order valence-corrected chi connectivity index (χ3v) is 6.88. The first-order chi connectivity index (χ1) is 6.96. The van der Waals surface area contributed by atoms with Crippen LogP contribution < -0.4 is 0 Å². The Bertz CT molecular complexity index is 468. The summed E-state index contributed by atoms with van der Waals surface area (Å²) in [5.74, 6) is 0. The molecule has 0 bridgehead atoms. The van der Waals surface area contributed by atoms with Crippen LogP contribution in [0.2, 0.25) is 0 Å². The van der Waals surface area contributed by atoms with E-state index in [0.717, 1.165) is 4.88 Å². The first-order valence-corrected chi connectivity index (χ1v) is 7.61. The molecule has 92 valence electrons. The zero-order valence-electron chi connectivity index (χ0n) is 10.8. The lowest BCUT2D eigenvalue weighted by Gasteiger charge is -2.18. The summed E-state index contributed by atoms with van der Waals surface area (Å²) in [7, 11) is -3.20. The molecule has 1 heterocycles. The van der Waals surface area contributed by atoms with Gasteiger partial charge >= 0.3 is 0 Å². The molecule has 0 aliphatic heterocycles. The van der Waals surface area contributed by atoms with E-state index >= 15 is 0 Å². The monoisotopic (exact) mass is 260 g/mol. The van der Waals surface area contributed by atoms with E-state index in [9.17, 15) is 8.42 Å². The molecule has 0 saturated heterocycles. The largest absolute Gasteiger partial charge is 0.222 e. The van der Waals surface area contributed by atoms with Gasteiger partial charge in [-0.15, -0.1) is 11.3 Å². The van der Waals surface area contributed by atoms with Crippen molar-refractivity contribution >= 4 is 21.2 Å². The molecule has 0 radical (unpaired) electrons. The third kappa shape index (κ3) is 2.48. The molecule has 1 rings (SSSR count). The lowest BCUT2D eigenvalue weighted by molar-refractivity contribution is 0.562. The van der Waals surface area contributed by atoms with Crippen molar-refractivity contribution in [2.45, 2.75) is 55.9 Å². The number of rotatable bonds is 1. The van der Waals surface area contributed by atoms with E-state index < -0.39 is 14.6 Å². The molecule has 0 aliphatic rings. The van der Waals surface area contributed by atoms with Crippen LogP contribution in [0, 0.1) is 0 Å². The zero-order chi connectivity index (χ0) is 12.8. The van der Waals surface area contributed by atoms with Gasteiger partial charge in [-0.3, -0.25) is 0 Å². The first kappa shape index (κ1) is 13.7. The van der Waals surface area contributed by atoms with E-state index in [0.29, 0.717) is 4.21 Å². The smallest absolute Gasteiger partial charge is 0.192 e. The highest BCUT2D eigenvalue weighted by Gasteiger charge is 2.33. The Kier molecular flexibility index (Phi) is 3.29. The maximum Gasteiger partial charge on any atom is 0.192 e. The average Bonchev–Trinajstić information content (AvgIpc) is 2.47. The molecule has 4 heteroatoms. The maximum atomic E-state index is 12.2. The fourth-order valence-corrected chi connectivity index (χ4v) is 4.27. The predicted molar refractivity (Wildman–Crippen MR) is 70.0 cm³/mol. The summed E-state index contributed by atoms with van der Waals surface area (Å²) in [5.41, 5.74) is 0.0102.